The lowest BCUT2D eigenvalue weighted by Crippen LogP contribution is -2.40. The predicted molar refractivity (Wildman–Crippen MR) is 170 cm³/mol. The number of rotatable bonds is 18. The summed E-state index contributed by atoms with van der Waals surface area (Å²) < 4.78 is 98.2. The highest BCUT2D eigenvalue weighted by molar-refractivity contribution is 5.68. The van der Waals surface area contributed by atoms with Crippen LogP contribution in [0.1, 0.15) is 30.0 Å². The van der Waals surface area contributed by atoms with E-state index in [1.54, 1.807) is 24.3 Å². The number of fused-ring (bicyclic) bond motifs is 1. The lowest BCUT2D eigenvalue weighted by atomic mass is 9.98. The van der Waals surface area contributed by atoms with Gasteiger partial charge in [0.1, 0.15) is 19.3 Å². The number of nitrogens with zero attached hydrogens (tertiary/aromatic N) is 3. The third-order valence-corrected chi connectivity index (χ3v) is 7.83. The molecule has 0 saturated heterocycles. The highest BCUT2D eigenvalue weighted by Crippen LogP contribution is 2.34. The molecule has 0 radical (unpaired) electrons. The minimum Gasteiger partial charge on any atom is -0.488 e. The molecule has 1 aliphatic rings. The fraction of sp³-hybridized carbons (Fsp3) is 0.457. The second kappa shape index (κ2) is 17.3. The van der Waals surface area contributed by atoms with E-state index in [4.69, 9.17) is 18.9 Å². The van der Waals surface area contributed by atoms with Gasteiger partial charge < -0.3 is 29.0 Å². The van der Waals surface area contributed by atoms with E-state index in [9.17, 15) is 36.7 Å². The van der Waals surface area contributed by atoms with Crippen molar-refractivity contribution in [2.24, 2.45) is 0 Å². The number of ether oxygens (including phenoxy) is 4. The maximum absolute atomic E-state index is 12.8. The molecule has 0 saturated carbocycles. The van der Waals surface area contributed by atoms with Crippen molar-refractivity contribution in [2.45, 2.75) is 44.6 Å². The summed E-state index contributed by atoms with van der Waals surface area (Å²) in [4.78, 5) is 4.15. The summed E-state index contributed by atoms with van der Waals surface area (Å²) in [5.74, 6) is 0.200. The number of hydrogen-bond acceptors (Lipinski definition) is 8. The first-order valence-electron chi connectivity index (χ1n) is 15.9. The summed E-state index contributed by atoms with van der Waals surface area (Å²) in [7, 11) is 0. The Balaban J connectivity index is 1.47. The molecule has 0 aliphatic carbocycles. The molecular formula is C35H39F6N3O5. The molecule has 8 nitrogen and oxygen atoms in total. The van der Waals surface area contributed by atoms with Crippen LogP contribution in [0.25, 0.3) is 0 Å². The van der Waals surface area contributed by atoms with Crippen molar-refractivity contribution in [3.8, 4) is 29.1 Å². The molecule has 1 heterocycles. The number of para-hydroxylation sites is 4. The van der Waals surface area contributed by atoms with E-state index in [2.05, 4.69) is 17.0 Å². The number of aliphatic hydroxyl groups is 1. The summed E-state index contributed by atoms with van der Waals surface area (Å²) in [5, 5.41) is 19.2. The normalized spacial score (nSPS) is 13.6. The molecule has 14 heteroatoms. The predicted octanol–water partition coefficient (Wildman–Crippen LogP) is 6.58. The SMILES string of the molecule is C[C@H](Cc1cc(C#N)c2c(c1)CCN2CCCO)N(CCOc1ccccc1OCC(F)(F)F)CCOc1ccccc1OCC(F)(F)F. The molecule has 266 valence electrons. The second-order valence-corrected chi connectivity index (χ2v) is 11.6. The number of alkyl halides is 6. The van der Waals surface area contributed by atoms with Gasteiger partial charge in [-0.05, 0) is 67.6 Å². The molecule has 0 spiro atoms. The second-order valence-electron chi connectivity index (χ2n) is 11.6. The summed E-state index contributed by atoms with van der Waals surface area (Å²) in [6.45, 7) is 1.30. The molecule has 0 unspecified atom stereocenters. The molecule has 0 fully saturated rings. The Bertz CT molecular complexity index is 1480. The van der Waals surface area contributed by atoms with Gasteiger partial charge in [-0.2, -0.15) is 31.6 Å². The largest absolute Gasteiger partial charge is 0.488 e. The monoisotopic (exact) mass is 695 g/mol. The van der Waals surface area contributed by atoms with Crippen LogP contribution < -0.4 is 23.8 Å². The minimum absolute atomic E-state index is 0.0478. The molecule has 0 aromatic heterocycles. The van der Waals surface area contributed by atoms with E-state index < -0.39 is 25.6 Å². The molecule has 1 aliphatic heterocycles. The summed E-state index contributed by atoms with van der Waals surface area (Å²) in [6.07, 6.45) is -7.13. The Kier molecular flexibility index (Phi) is 13.3. The van der Waals surface area contributed by atoms with E-state index in [1.807, 2.05) is 17.9 Å². The minimum atomic E-state index is -4.52. The van der Waals surface area contributed by atoms with Gasteiger partial charge in [-0.3, -0.25) is 4.90 Å². The highest BCUT2D eigenvalue weighted by atomic mass is 19.4. The molecule has 1 N–H and O–H groups in total. The van der Waals surface area contributed by atoms with E-state index in [0.717, 1.165) is 29.8 Å². The van der Waals surface area contributed by atoms with Crippen molar-refractivity contribution < 1.29 is 50.4 Å². The smallest absolute Gasteiger partial charge is 0.422 e. The Morgan fingerprint density at radius 1 is 0.837 bits per heavy atom. The third kappa shape index (κ3) is 11.6. The van der Waals surface area contributed by atoms with Crippen LogP contribution >= 0.6 is 0 Å². The van der Waals surface area contributed by atoms with Crippen molar-refractivity contribution in [2.75, 3.05) is 64.1 Å². The van der Waals surface area contributed by atoms with Crippen LogP contribution in [-0.4, -0.2) is 87.6 Å². The number of halogens is 6. The van der Waals surface area contributed by atoms with Gasteiger partial charge in [0.2, 0.25) is 0 Å². The van der Waals surface area contributed by atoms with Gasteiger partial charge in [-0.15, -0.1) is 0 Å². The van der Waals surface area contributed by atoms with Crippen LogP contribution in [0.3, 0.4) is 0 Å². The molecular weight excluding hydrogens is 656 g/mol. The van der Waals surface area contributed by atoms with Crippen molar-refractivity contribution >= 4 is 5.69 Å². The van der Waals surface area contributed by atoms with Gasteiger partial charge in [0.25, 0.3) is 0 Å². The molecule has 49 heavy (non-hydrogen) atoms. The van der Waals surface area contributed by atoms with Gasteiger partial charge in [-0.25, -0.2) is 0 Å². The molecule has 3 aromatic carbocycles. The maximum Gasteiger partial charge on any atom is 0.422 e. The number of anilines is 1. The van der Waals surface area contributed by atoms with E-state index in [1.165, 1.54) is 24.3 Å². The number of hydrogen-bond donors (Lipinski definition) is 1. The first-order chi connectivity index (χ1) is 23.4. The van der Waals surface area contributed by atoms with Crippen LogP contribution in [0.2, 0.25) is 0 Å². The lowest BCUT2D eigenvalue weighted by Gasteiger charge is -2.30. The van der Waals surface area contributed by atoms with Crippen LogP contribution in [-0.2, 0) is 12.8 Å². The first kappa shape index (κ1) is 37.5. The zero-order chi connectivity index (χ0) is 35.4. The summed E-state index contributed by atoms with van der Waals surface area (Å²) in [5.41, 5.74) is 3.45. The van der Waals surface area contributed by atoms with E-state index in [-0.39, 0.29) is 48.9 Å². The third-order valence-electron chi connectivity index (χ3n) is 7.83. The summed E-state index contributed by atoms with van der Waals surface area (Å²) >= 11 is 0. The average molecular weight is 696 g/mol. The number of nitriles is 1. The Morgan fingerprint density at radius 3 is 1.82 bits per heavy atom. The Hall–Kier alpha value is -4.35. The van der Waals surface area contributed by atoms with Crippen molar-refractivity contribution in [1.29, 1.82) is 5.26 Å². The van der Waals surface area contributed by atoms with Crippen molar-refractivity contribution in [3.05, 3.63) is 77.4 Å². The zero-order valence-electron chi connectivity index (χ0n) is 27.0. The Labute approximate surface area is 281 Å². The van der Waals surface area contributed by atoms with Gasteiger partial charge in [0.15, 0.2) is 36.2 Å². The van der Waals surface area contributed by atoms with E-state index >= 15 is 0 Å². The first-order valence-corrected chi connectivity index (χ1v) is 15.9. The van der Waals surface area contributed by atoms with Crippen LogP contribution in [0.15, 0.2) is 60.7 Å². The Morgan fingerprint density at radius 2 is 1.35 bits per heavy atom. The average Bonchev–Trinajstić information content (AvgIpc) is 3.47. The van der Waals surface area contributed by atoms with Gasteiger partial charge >= 0.3 is 12.4 Å². The van der Waals surface area contributed by atoms with Crippen molar-refractivity contribution in [3.63, 3.8) is 0 Å². The molecule has 4 rings (SSSR count). The molecule has 0 bridgehead atoms. The van der Waals surface area contributed by atoms with Crippen LogP contribution in [0.4, 0.5) is 32.0 Å². The quantitative estimate of drug-likeness (QED) is 0.150. The van der Waals surface area contributed by atoms with Crippen LogP contribution in [0.5, 0.6) is 23.0 Å². The highest BCUT2D eigenvalue weighted by Gasteiger charge is 2.30. The molecule has 0 amide bonds. The fourth-order valence-electron chi connectivity index (χ4n) is 5.64. The number of aliphatic hydroxyl groups excluding tert-OH is 1. The van der Waals surface area contributed by atoms with Gasteiger partial charge in [0, 0.05) is 38.8 Å². The summed E-state index contributed by atoms with van der Waals surface area (Å²) in [6, 6.07) is 18.2. The topological polar surface area (TPSA) is 87.4 Å². The van der Waals surface area contributed by atoms with E-state index in [0.29, 0.717) is 38.0 Å². The van der Waals surface area contributed by atoms with Crippen molar-refractivity contribution in [1.82, 2.24) is 4.90 Å². The lowest BCUT2D eigenvalue weighted by molar-refractivity contribution is -0.154. The molecule has 1 atom stereocenters. The van der Waals surface area contributed by atoms with Crippen LogP contribution in [0, 0.1) is 11.3 Å². The number of benzene rings is 3. The zero-order valence-corrected chi connectivity index (χ0v) is 27.0. The standard InChI is InChI=1S/C35H39F6N3O5/c1-25(19-26-20-27-11-13-44(12-6-16-45)33(27)28(21-26)22-42)43(14-17-46-29-7-2-4-9-31(29)48-23-34(36,37)38)15-18-47-30-8-3-5-10-32(30)49-24-35(39,40)41/h2-5,7-10,20-21,25,45H,6,11-19,23-24H2,1H3/t25-/m1/s1. The maximum atomic E-state index is 12.8. The van der Waals surface area contributed by atoms with Gasteiger partial charge in [0.05, 0.1) is 11.3 Å². The molecule has 3 aromatic rings. The fourth-order valence-corrected chi connectivity index (χ4v) is 5.64. The van der Waals surface area contributed by atoms with Gasteiger partial charge in [-0.1, -0.05) is 30.3 Å².